The molecular formula is C7H6F12O2. The van der Waals surface area contributed by atoms with Gasteiger partial charge in [-0.05, 0) is 0 Å². The highest BCUT2D eigenvalue weighted by Crippen LogP contribution is 2.35. The Labute approximate surface area is 108 Å². The highest BCUT2D eigenvalue weighted by Gasteiger charge is 2.58. The lowest BCUT2D eigenvalue weighted by Crippen LogP contribution is -2.41. The van der Waals surface area contributed by atoms with E-state index >= 15 is 0 Å². The molecule has 21 heavy (non-hydrogen) atoms. The minimum absolute atomic E-state index is 1.90. The monoisotopic (exact) mass is 350 g/mol. The first-order valence-corrected chi connectivity index (χ1v) is 4.39. The maximum absolute atomic E-state index is 11.7. The fourth-order valence-corrected chi connectivity index (χ4v) is 0.407. The number of halogens is 12. The van der Waals surface area contributed by atoms with Crippen LogP contribution in [0.15, 0.2) is 0 Å². The molecule has 0 aliphatic rings. The summed E-state index contributed by atoms with van der Waals surface area (Å²) in [5.74, 6) is -5.23. The predicted octanol–water partition coefficient (Wildman–Crippen LogP) is 4.21. The summed E-state index contributed by atoms with van der Waals surface area (Å²) in [5, 5.41) is 0. The summed E-state index contributed by atoms with van der Waals surface area (Å²) in [7, 11) is 0. The van der Waals surface area contributed by atoms with Crippen LogP contribution in [0.25, 0.3) is 0 Å². The van der Waals surface area contributed by atoms with Gasteiger partial charge in [-0.2, -0.15) is 52.7 Å². The average Bonchev–Trinajstić information content (AvgIpc) is 2.22. The third kappa shape index (κ3) is 13.8. The van der Waals surface area contributed by atoms with Crippen LogP contribution in [0.4, 0.5) is 52.7 Å². The van der Waals surface area contributed by atoms with Crippen LogP contribution in [0.5, 0.6) is 0 Å². The molecule has 0 amide bonds. The Morgan fingerprint density at radius 2 is 0.952 bits per heavy atom. The van der Waals surface area contributed by atoms with E-state index in [1.165, 1.54) is 0 Å². The molecule has 0 aromatic heterocycles. The lowest BCUT2D eigenvalue weighted by atomic mass is 10.3. The molecule has 0 aliphatic carbocycles. The lowest BCUT2D eigenvalue weighted by Gasteiger charge is -2.18. The molecule has 0 rings (SSSR count). The van der Waals surface area contributed by atoms with Gasteiger partial charge >= 0.3 is 31.5 Å². The van der Waals surface area contributed by atoms with Crippen molar-refractivity contribution in [2.24, 2.45) is 0 Å². The Morgan fingerprint density at radius 1 is 0.619 bits per heavy atom. The van der Waals surface area contributed by atoms with E-state index in [9.17, 15) is 52.7 Å². The minimum atomic E-state index is -5.86. The van der Waals surface area contributed by atoms with Crippen molar-refractivity contribution in [2.75, 3.05) is 13.2 Å². The first-order chi connectivity index (χ1) is 9.08. The van der Waals surface area contributed by atoms with Crippen molar-refractivity contribution < 1.29 is 62.2 Å². The molecule has 0 aromatic carbocycles. The summed E-state index contributed by atoms with van der Waals surface area (Å²) in [6.07, 6.45) is -10.5. The smallest absolute Gasteiger partial charge is 0.316 e. The zero-order valence-corrected chi connectivity index (χ0v) is 9.42. The van der Waals surface area contributed by atoms with Crippen LogP contribution in [0.3, 0.4) is 0 Å². The van der Waals surface area contributed by atoms with Crippen LogP contribution >= 0.6 is 0 Å². The molecule has 0 unspecified atom stereocenters. The van der Waals surface area contributed by atoms with Gasteiger partial charge in [-0.3, -0.25) is 0 Å². The molecule has 0 saturated heterocycles. The first kappa shape index (κ1) is 22.4. The van der Waals surface area contributed by atoms with Crippen molar-refractivity contribution in [2.45, 2.75) is 31.5 Å². The highest BCUT2D eigenvalue weighted by molar-refractivity contribution is 4.74. The number of ether oxygens (including phenoxy) is 2. The zero-order chi connectivity index (χ0) is 17.5. The third-order valence-corrected chi connectivity index (χ3v) is 1.18. The van der Waals surface area contributed by atoms with Crippen LogP contribution in [0, 0.1) is 0 Å². The Bertz CT molecular complexity index is 270. The van der Waals surface area contributed by atoms with Gasteiger partial charge in [-0.25, -0.2) is 0 Å². The van der Waals surface area contributed by atoms with E-state index in [1.54, 1.807) is 0 Å². The Kier molecular flexibility index (Phi) is 9.06. The maximum Gasteiger partial charge on any atom is 0.455 e. The van der Waals surface area contributed by atoms with E-state index in [1.807, 2.05) is 0 Å². The predicted molar refractivity (Wildman–Crippen MR) is 41.0 cm³/mol. The van der Waals surface area contributed by atoms with Gasteiger partial charge in [-0.15, -0.1) is 0 Å². The average molecular weight is 350 g/mol. The van der Waals surface area contributed by atoms with E-state index < -0.39 is 44.7 Å². The third-order valence-electron chi connectivity index (χ3n) is 1.18. The highest BCUT2D eigenvalue weighted by atomic mass is 19.4. The number of hydrogen-bond donors (Lipinski definition) is 0. The SMILES string of the molecule is FC(F)OCC(F)(F)C(F)(F)F.FC(F)OCC(F)(F)F. The second-order valence-corrected chi connectivity index (χ2v) is 2.96. The molecular weight excluding hydrogens is 344 g/mol. The summed E-state index contributed by atoms with van der Waals surface area (Å²) < 4.78 is 139. The molecule has 0 N–H and O–H groups in total. The maximum atomic E-state index is 11.7. The molecule has 0 atom stereocenters. The van der Waals surface area contributed by atoms with Crippen LogP contribution in [0.1, 0.15) is 0 Å². The van der Waals surface area contributed by atoms with Crippen molar-refractivity contribution in [1.29, 1.82) is 0 Å². The zero-order valence-electron chi connectivity index (χ0n) is 9.42. The molecule has 0 heterocycles. The van der Waals surface area contributed by atoms with E-state index in [-0.39, 0.29) is 0 Å². The molecule has 130 valence electrons. The van der Waals surface area contributed by atoms with E-state index in [0.29, 0.717) is 0 Å². The largest absolute Gasteiger partial charge is 0.455 e. The van der Waals surface area contributed by atoms with E-state index in [4.69, 9.17) is 0 Å². The Balaban J connectivity index is 0. The number of hydrogen-bond acceptors (Lipinski definition) is 2. The molecule has 0 radical (unpaired) electrons. The molecule has 2 nitrogen and oxygen atoms in total. The van der Waals surface area contributed by atoms with Crippen molar-refractivity contribution in [3.05, 3.63) is 0 Å². The summed E-state index contributed by atoms with van der Waals surface area (Å²) in [6.45, 7) is -11.3. The van der Waals surface area contributed by atoms with Crippen LogP contribution in [-0.2, 0) is 9.47 Å². The number of rotatable bonds is 5. The molecule has 0 spiro atoms. The fourth-order valence-electron chi connectivity index (χ4n) is 0.407. The van der Waals surface area contributed by atoms with E-state index in [0.717, 1.165) is 0 Å². The van der Waals surface area contributed by atoms with Gasteiger partial charge in [0, 0.05) is 0 Å². The summed E-state index contributed by atoms with van der Waals surface area (Å²) in [4.78, 5) is 0. The first-order valence-electron chi connectivity index (χ1n) is 4.39. The molecule has 14 heteroatoms. The standard InChI is InChI=1S/C4H3F7O.C3H3F5O/c5-2(6)12-1-3(7,8)4(9,10)11;4-2(5)9-1-3(6,7)8/h2H,1H2;2H,1H2. The summed E-state index contributed by atoms with van der Waals surface area (Å²) >= 11 is 0. The van der Waals surface area contributed by atoms with Crippen molar-refractivity contribution in [3.8, 4) is 0 Å². The van der Waals surface area contributed by atoms with Gasteiger partial charge in [0.25, 0.3) is 0 Å². The lowest BCUT2D eigenvalue weighted by molar-refractivity contribution is -0.310. The second kappa shape index (κ2) is 8.51. The second-order valence-electron chi connectivity index (χ2n) is 2.96. The Morgan fingerprint density at radius 3 is 1.14 bits per heavy atom. The van der Waals surface area contributed by atoms with Crippen LogP contribution in [0.2, 0.25) is 0 Å². The fraction of sp³-hybridized carbons (Fsp3) is 1.00. The van der Waals surface area contributed by atoms with Gasteiger partial charge in [0.05, 0.1) is 0 Å². The molecule has 0 bridgehead atoms. The molecule has 0 aromatic rings. The quantitative estimate of drug-likeness (QED) is 0.692. The van der Waals surface area contributed by atoms with Gasteiger partial charge in [0.1, 0.15) is 13.2 Å². The van der Waals surface area contributed by atoms with Crippen molar-refractivity contribution in [1.82, 2.24) is 0 Å². The number of alkyl halides is 12. The van der Waals surface area contributed by atoms with Crippen LogP contribution in [-0.4, -0.2) is 44.7 Å². The van der Waals surface area contributed by atoms with E-state index in [2.05, 4.69) is 9.47 Å². The molecule has 0 saturated carbocycles. The van der Waals surface area contributed by atoms with Gasteiger partial charge in [-0.1, -0.05) is 0 Å². The van der Waals surface area contributed by atoms with Gasteiger partial charge < -0.3 is 9.47 Å². The molecule has 0 fully saturated rings. The molecule has 0 aliphatic heterocycles. The minimum Gasteiger partial charge on any atom is -0.316 e. The summed E-state index contributed by atoms with van der Waals surface area (Å²) in [5.41, 5.74) is 0. The van der Waals surface area contributed by atoms with Gasteiger partial charge in [0.2, 0.25) is 0 Å². The summed E-state index contributed by atoms with van der Waals surface area (Å²) in [6, 6.07) is 0. The van der Waals surface area contributed by atoms with Crippen molar-refractivity contribution in [3.63, 3.8) is 0 Å². The topological polar surface area (TPSA) is 18.5 Å². The van der Waals surface area contributed by atoms with Crippen molar-refractivity contribution >= 4 is 0 Å². The Hall–Kier alpha value is -0.920. The van der Waals surface area contributed by atoms with Crippen LogP contribution < -0.4 is 0 Å². The van der Waals surface area contributed by atoms with Gasteiger partial charge in [0.15, 0.2) is 0 Å². The normalized spacial score (nSPS) is 13.4.